The van der Waals surface area contributed by atoms with Crippen molar-refractivity contribution in [1.29, 1.82) is 0 Å². The van der Waals surface area contributed by atoms with Gasteiger partial charge in [-0.3, -0.25) is 14.5 Å². The number of hydrogen-bond acceptors (Lipinski definition) is 4. The van der Waals surface area contributed by atoms with Crippen LogP contribution in [0.15, 0.2) is 41.8 Å². The molecule has 5 nitrogen and oxygen atoms in total. The molecule has 2 aromatic heterocycles. The number of nitrogens with zero attached hydrogens (tertiary/aromatic N) is 2. The number of hydrogen-bond donors (Lipinski definition) is 1. The topological polar surface area (TPSA) is 54.3 Å². The lowest BCUT2D eigenvalue weighted by Crippen LogP contribution is -2.34. The van der Waals surface area contributed by atoms with Gasteiger partial charge in [-0.15, -0.1) is 11.3 Å². The fourth-order valence-electron chi connectivity index (χ4n) is 3.71. The third-order valence-electron chi connectivity index (χ3n) is 5.34. The summed E-state index contributed by atoms with van der Waals surface area (Å²) >= 11 is 1.71. The first-order chi connectivity index (χ1) is 14.3. The van der Waals surface area contributed by atoms with Gasteiger partial charge in [-0.05, 0) is 63.4 Å². The Bertz CT molecular complexity index is 1030. The van der Waals surface area contributed by atoms with Crippen LogP contribution < -0.4 is 5.32 Å². The maximum atomic E-state index is 12.9. The molecule has 158 valence electrons. The molecule has 1 amide bonds. The number of ketones is 1. The SMILES string of the molecule is Cc1cccc(C)c1NC(=O)CN(C)CC(=O)c1cc(C)n(Cc2cccs2)c1C. The van der Waals surface area contributed by atoms with E-state index in [-0.39, 0.29) is 24.8 Å². The maximum absolute atomic E-state index is 12.9. The Kier molecular flexibility index (Phi) is 6.90. The highest BCUT2D eigenvalue weighted by Crippen LogP contribution is 2.21. The lowest BCUT2D eigenvalue weighted by atomic mass is 10.1. The van der Waals surface area contributed by atoms with E-state index in [1.807, 2.05) is 58.0 Å². The molecule has 0 unspecified atom stereocenters. The van der Waals surface area contributed by atoms with Crippen LogP contribution in [0.4, 0.5) is 5.69 Å². The molecule has 0 fully saturated rings. The van der Waals surface area contributed by atoms with E-state index >= 15 is 0 Å². The van der Waals surface area contributed by atoms with Gasteiger partial charge in [-0.2, -0.15) is 0 Å². The van der Waals surface area contributed by atoms with Crippen molar-refractivity contribution in [2.45, 2.75) is 34.2 Å². The van der Waals surface area contributed by atoms with Crippen molar-refractivity contribution in [3.05, 3.63) is 74.7 Å². The van der Waals surface area contributed by atoms with Gasteiger partial charge in [0.15, 0.2) is 5.78 Å². The second-order valence-corrected chi connectivity index (χ2v) is 8.89. The number of rotatable bonds is 8. The number of thiophene rings is 1. The van der Waals surface area contributed by atoms with Crippen LogP contribution in [0.3, 0.4) is 0 Å². The highest BCUT2D eigenvalue weighted by Gasteiger charge is 2.19. The lowest BCUT2D eigenvalue weighted by Gasteiger charge is -2.17. The molecule has 0 saturated heterocycles. The van der Waals surface area contributed by atoms with Crippen LogP contribution in [0.2, 0.25) is 0 Å². The Balaban J connectivity index is 1.62. The molecule has 30 heavy (non-hydrogen) atoms. The Morgan fingerprint density at radius 1 is 1.03 bits per heavy atom. The number of amides is 1. The largest absolute Gasteiger partial charge is 0.343 e. The molecule has 0 aliphatic rings. The van der Waals surface area contributed by atoms with Gasteiger partial charge in [0.25, 0.3) is 0 Å². The van der Waals surface area contributed by atoms with Crippen molar-refractivity contribution in [3.8, 4) is 0 Å². The van der Waals surface area contributed by atoms with Crippen LogP contribution in [0, 0.1) is 27.7 Å². The molecule has 0 bridgehead atoms. The van der Waals surface area contributed by atoms with E-state index in [2.05, 4.69) is 21.3 Å². The van der Waals surface area contributed by atoms with Gasteiger partial charge in [-0.25, -0.2) is 0 Å². The number of benzene rings is 1. The van der Waals surface area contributed by atoms with Crippen LogP contribution in [0.5, 0.6) is 0 Å². The maximum Gasteiger partial charge on any atom is 0.238 e. The molecule has 0 atom stereocenters. The highest BCUT2D eigenvalue weighted by molar-refractivity contribution is 7.09. The number of Topliss-reactive ketones (excluding diaryl/α,β-unsaturated/α-hetero) is 1. The molecule has 3 aromatic rings. The summed E-state index contributed by atoms with van der Waals surface area (Å²) in [6, 6.07) is 12.0. The van der Waals surface area contributed by atoms with Crippen molar-refractivity contribution >= 4 is 28.7 Å². The summed E-state index contributed by atoms with van der Waals surface area (Å²) in [6.45, 7) is 9.09. The Morgan fingerprint density at radius 3 is 2.37 bits per heavy atom. The first-order valence-corrected chi connectivity index (χ1v) is 10.9. The van der Waals surface area contributed by atoms with Crippen LogP contribution in [0.25, 0.3) is 0 Å². The van der Waals surface area contributed by atoms with E-state index in [0.717, 1.165) is 40.3 Å². The third kappa shape index (κ3) is 5.07. The smallest absolute Gasteiger partial charge is 0.238 e. The van der Waals surface area contributed by atoms with Gasteiger partial charge in [0.05, 0.1) is 19.6 Å². The molecule has 0 saturated carbocycles. The molecular formula is C24H29N3O2S. The average Bonchev–Trinajstić information content (AvgIpc) is 3.28. The molecular weight excluding hydrogens is 394 g/mol. The number of carbonyl (C=O) groups excluding carboxylic acids is 2. The number of nitrogens with one attached hydrogen (secondary N) is 1. The first kappa shape index (κ1) is 22.0. The Morgan fingerprint density at radius 2 is 1.73 bits per heavy atom. The number of aromatic nitrogens is 1. The molecule has 6 heteroatoms. The third-order valence-corrected chi connectivity index (χ3v) is 6.20. The predicted molar refractivity (Wildman–Crippen MR) is 124 cm³/mol. The standard InChI is InChI=1S/C24H29N3O2S/c1-16-8-6-9-17(2)24(16)25-23(29)15-26(5)14-22(28)21-12-18(3)27(19(21)4)13-20-10-7-11-30-20/h6-12H,13-15H2,1-5H3,(H,25,29). The summed E-state index contributed by atoms with van der Waals surface area (Å²) in [5.41, 5.74) is 5.67. The zero-order chi connectivity index (χ0) is 21.8. The minimum absolute atomic E-state index is 0.0305. The van der Waals surface area contributed by atoms with E-state index in [1.165, 1.54) is 4.88 Å². The predicted octanol–water partition coefficient (Wildman–Crippen LogP) is 4.58. The number of anilines is 1. The van der Waals surface area contributed by atoms with E-state index in [4.69, 9.17) is 0 Å². The van der Waals surface area contributed by atoms with Gasteiger partial charge >= 0.3 is 0 Å². The molecule has 1 N–H and O–H groups in total. The minimum atomic E-state index is -0.120. The van der Waals surface area contributed by atoms with Gasteiger partial charge in [-0.1, -0.05) is 24.3 Å². The van der Waals surface area contributed by atoms with Crippen molar-refractivity contribution in [3.63, 3.8) is 0 Å². The molecule has 0 spiro atoms. The van der Waals surface area contributed by atoms with Crippen molar-refractivity contribution in [1.82, 2.24) is 9.47 Å². The minimum Gasteiger partial charge on any atom is -0.343 e. The molecule has 2 heterocycles. The number of para-hydroxylation sites is 1. The fraction of sp³-hybridized carbons (Fsp3) is 0.333. The molecule has 0 aliphatic carbocycles. The summed E-state index contributed by atoms with van der Waals surface area (Å²) in [7, 11) is 1.80. The van der Waals surface area contributed by atoms with Crippen LogP contribution in [-0.2, 0) is 11.3 Å². The second-order valence-electron chi connectivity index (χ2n) is 7.86. The zero-order valence-corrected chi connectivity index (χ0v) is 19.1. The first-order valence-electron chi connectivity index (χ1n) is 10.0. The van der Waals surface area contributed by atoms with Gasteiger partial charge in [0.1, 0.15) is 0 Å². The summed E-state index contributed by atoms with van der Waals surface area (Å²) in [5.74, 6) is -0.0891. The average molecular weight is 424 g/mol. The van der Waals surface area contributed by atoms with E-state index in [9.17, 15) is 9.59 Å². The molecule has 3 rings (SSSR count). The summed E-state index contributed by atoms with van der Waals surface area (Å²) < 4.78 is 2.17. The molecule has 0 radical (unpaired) electrons. The van der Waals surface area contributed by atoms with Gasteiger partial charge in [0.2, 0.25) is 5.91 Å². The molecule has 0 aliphatic heterocycles. The van der Waals surface area contributed by atoms with Crippen LogP contribution in [-0.4, -0.2) is 41.3 Å². The Labute approximate surface area is 182 Å². The van der Waals surface area contributed by atoms with E-state index in [1.54, 1.807) is 23.3 Å². The monoisotopic (exact) mass is 423 g/mol. The van der Waals surface area contributed by atoms with Crippen molar-refractivity contribution in [2.75, 3.05) is 25.5 Å². The van der Waals surface area contributed by atoms with Crippen LogP contribution >= 0.6 is 11.3 Å². The van der Waals surface area contributed by atoms with Gasteiger partial charge in [0, 0.05) is 27.5 Å². The quantitative estimate of drug-likeness (QED) is 0.540. The lowest BCUT2D eigenvalue weighted by molar-refractivity contribution is -0.116. The summed E-state index contributed by atoms with van der Waals surface area (Å²) in [4.78, 5) is 28.4. The van der Waals surface area contributed by atoms with E-state index in [0.29, 0.717) is 0 Å². The molecule has 1 aromatic carbocycles. The fourth-order valence-corrected chi connectivity index (χ4v) is 4.40. The Hall–Kier alpha value is -2.70. The highest BCUT2D eigenvalue weighted by atomic mass is 32.1. The number of aryl methyl sites for hydroxylation is 3. The van der Waals surface area contributed by atoms with Gasteiger partial charge < -0.3 is 9.88 Å². The van der Waals surface area contributed by atoms with Crippen molar-refractivity contribution < 1.29 is 9.59 Å². The van der Waals surface area contributed by atoms with Crippen LogP contribution in [0.1, 0.15) is 37.7 Å². The van der Waals surface area contributed by atoms with E-state index < -0.39 is 0 Å². The summed E-state index contributed by atoms with van der Waals surface area (Å²) in [5, 5.41) is 5.04. The number of likely N-dealkylation sites (N-methyl/N-ethyl adjacent to an activating group) is 1. The second kappa shape index (κ2) is 9.41. The zero-order valence-electron chi connectivity index (χ0n) is 18.3. The number of carbonyl (C=O) groups is 2. The normalized spacial score (nSPS) is 11.1. The summed E-state index contributed by atoms with van der Waals surface area (Å²) in [6.07, 6.45) is 0. The van der Waals surface area contributed by atoms with Crippen molar-refractivity contribution in [2.24, 2.45) is 0 Å².